The predicted octanol–water partition coefficient (Wildman–Crippen LogP) is 7.17. The molecule has 0 bridgehead atoms. The lowest BCUT2D eigenvalue weighted by Crippen LogP contribution is -2.19. The van der Waals surface area contributed by atoms with E-state index in [1.807, 2.05) is 85.8 Å². The third kappa shape index (κ3) is 5.28. The molecule has 0 spiro atoms. The van der Waals surface area contributed by atoms with Gasteiger partial charge in [-0.15, -0.1) is 0 Å². The number of fused-ring (bicyclic) bond motifs is 1. The molecule has 35 heavy (non-hydrogen) atoms. The lowest BCUT2D eigenvalue weighted by atomic mass is 10.0. The monoisotopic (exact) mass is 476 g/mol. The second-order valence-corrected chi connectivity index (χ2v) is 8.30. The van der Waals surface area contributed by atoms with Crippen molar-refractivity contribution in [1.29, 1.82) is 0 Å². The minimum atomic E-state index is 0.491. The van der Waals surface area contributed by atoms with Gasteiger partial charge in [-0.25, -0.2) is 9.97 Å². The first-order valence-corrected chi connectivity index (χ1v) is 11.8. The Hall–Kier alpha value is -4.29. The average Bonchev–Trinajstić information content (AvgIpc) is 2.90. The first kappa shape index (κ1) is 22.5. The molecule has 5 rings (SSSR count). The van der Waals surface area contributed by atoms with Crippen LogP contribution in [-0.4, -0.2) is 21.7 Å². The highest BCUT2D eigenvalue weighted by molar-refractivity contribution is 7.80. The molecule has 6 heteroatoms. The van der Waals surface area contributed by atoms with Crippen LogP contribution < -0.4 is 15.4 Å². The van der Waals surface area contributed by atoms with Gasteiger partial charge in [0.2, 0.25) is 0 Å². The number of ether oxygens (including phenoxy) is 1. The van der Waals surface area contributed by atoms with Crippen molar-refractivity contribution in [2.75, 3.05) is 17.2 Å². The van der Waals surface area contributed by atoms with E-state index in [4.69, 9.17) is 26.9 Å². The quantitative estimate of drug-likeness (QED) is 0.253. The van der Waals surface area contributed by atoms with Gasteiger partial charge in [0.15, 0.2) is 5.11 Å². The van der Waals surface area contributed by atoms with Crippen LogP contribution in [0, 0.1) is 0 Å². The highest BCUT2D eigenvalue weighted by Crippen LogP contribution is 2.31. The molecule has 0 aliphatic rings. The van der Waals surface area contributed by atoms with Crippen molar-refractivity contribution in [3.63, 3.8) is 0 Å². The summed E-state index contributed by atoms with van der Waals surface area (Å²) in [6.07, 6.45) is 0. The number of rotatable bonds is 6. The number of nitrogens with one attached hydrogen (secondary N) is 2. The fourth-order valence-electron chi connectivity index (χ4n) is 3.82. The van der Waals surface area contributed by atoms with Crippen LogP contribution in [0.2, 0.25) is 0 Å². The van der Waals surface area contributed by atoms with Gasteiger partial charge in [-0.05, 0) is 61.6 Å². The number of aromatic nitrogens is 2. The maximum Gasteiger partial charge on any atom is 0.175 e. The minimum Gasteiger partial charge on any atom is -0.494 e. The van der Waals surface area contributed by atoms with E-state index in [2.05, 4.69) is 34.9 Å². The SMILES string of the molecule is CCOc1ccc(NC(=S)Nc2ccc3nc(-c4ccccc4)c(-c4ccccc4)nc3c2)cc1. The van der Waals surface area contributed by atoms with Crippen LogP contribution in [0.4, 0.5) is 11.4 Å². The van der Waals surface area contributed by atoms with Gasteiger partial charge in [0.1, 0.15) is 5.75 Å². The summed E-state index contributed by atoms with van der Waals surface area (Å²) in [5, 5.41) is 6.94. The maximum atomic E-state index is 5.52. The van der Waals surface area contributed by atoms with Crippen molar-refractivity contribution in [3.8, 4) is 28.3 Å². The number of hydrogen-bond donors (Lipinski definition) is 2. The second kappa shape index (κ2) is 10.3. The van der Waals surface area contributed by atoms with Gasteiger partial charge >= 0.3 is 0 Å². The Morgan fingerprint density at radius 3 is 1.83 bits per heavy atom. The molecule has 0 atom stereocenters. The first-order valence-electron chi connectivity index (χ1n) is 11.4. The Morgan fingerprint density at radius 2 is 1.23 bits per heavy atom. The third-order valence-electron chi connectivity index (χ3n) is 5.44. The van der Waals surface area contributed by atoms with Gasteiger partial charge in [-0.2, -0.15) is 0 Å². The van der Waals surface area contributed by atoms with E-state index < -0.39 is 0 Å². The summed E-state index contributed by atoms with van der Waals surface area (Å²) in [7, 11) is 0. The van der Waals surface area contributed by atoms with E-state index in [-0.39, 0.29) is 0 Å². The Kier molecular flexibility index (Phi) is 6.63. The van der Waals surface area contributed by atoms with Gasteiger partial charge < -0.3 is 15.4 Å². The zero-order valence-electron chi connectivity index (χ0n) is 19.2. The molecular formula is C29H24N4OS. The topological polar surface area (TPSA) is 59.1 Å². The van der Waals surface area contributed by atoms with Crippen LogP contribution in [0.25, 0.3) is 33.5 Å². The Bertz CT molecular complexity index is 1460. The fraction of sp³-hybridized carbons (Fsp3) is 0.0690. The molecule has 1 aromatic heterocycles. The smallest absolute Gasteiger partial charge is 0.175 e. The highest BCUT2D eigenvalue weighted by atomic mass is 32.1. The second-order valence-electron chi connectivity index (χ2n) is 7.89. The van der Waals surface area contributed by atoms with Gasteiger partial charge in [0.05, 0.1) is 29.0 Å². The molecule has 172 valence electrons. The molecular weight excluding hydrogens is 452 g/mol. The predicted molar refractivity (Wildman–Crippen MR) is 148 cm³/mol. The first-order chi connectivity index (χ1) is 17.2. The molecule has 0 unspecified atom stereocenters. The normalized spacial score (nSPS) is 10.7. The van der Waals surface area contributed by atoms with Crippen molar-refractivity contribution in [2.45, 2.75) is 6.92 Å². The summed E-state index contributed by atoms with van der Waals surface area (Å²) in [6.45, 7) is 2.60. The van der Waals surface area contributed by atoms with Crippen molar-refractivity contribution in [3.05, 3.63) is 103 Å². The molecule has 5 nitrogen and oxygen atoms in total. The van der Waals surface area contributed by atoms with Crippen LogP contribution in [0.5, 0.6) is 5.75 Å². The van der Waals surface area contributed by atoms with Crippen molar-refractivity contribution >= 4 is 39.7 Å². The summed E-state index contributed by atoms with van der Waals surface area (Å²) >= 11 is 5.52. The number of nitrogens with zero attached hydrogens (tertiary/aromatic N) is 2. The van der Waals surface area contributed by atoms with E-state index in [1.165, 1.54) is 0 Å². The van der Waals surface area contributed by atoms with E-state index in [0.29, 0.717) is 11.7 Å². The summed E-state index contributed by atoms with van der Waals surface area (Å²) < 4.78 is 5.49. The summed E-state index contributed by atoms with van der Waals surface area (Å²) in [4.78, 5) is 10.0. The third-order valence-corrected chi connectivity index (χ3v) is 5.64. The van der Waals surface area contributed by atoms with Crippen molar-refractivity contribution in [2.24, 2.45) is 0 Å². The summed E-state index contributed by atoms with van der Waals surface area (Å²) in [5.74, 6) is 0.828. The molecule has 0 saturated carbocycles. The summed E-state index contributed by atoms with van der Waals surface area (Å²) in [6, 6.07) is 33.9. The van der Waals surface area contributed by atoms with Crippen LogP contribution in [0.1, 0.15) is 6.92 Å². The van der Waals surface area contributed by atoms with E-state index >= 15 is 0 Å². The van der Waals surface area contributed by atoms with Gasteiger partial charge in [-0.3, -0.25) is 0 Å². The van der Waals surface area contributed by atoms with Gasteiger partial charge in [-0.1, -0.05) is 60.7 Å². The molecule has 2 N–H and O–H groups in total. The lowest BCUT2D eigenvalue weighted by Gasteiger charge is -2.13. The highest BCUT2D eigenvalue weighted by Gasteiger charge is 2.13. The summed E-state index contributed by atoms with van der Waals surface area (Å²) in [5.41, 5.74) is 7.08. The lowest BCUT2D eigenvalue weighted by molar-refractivity contribution is 0.340. The zero-order valence-corrected chi connectivity index (χ0v) is 20.0. The molecule has 1 heterocycles. The van der Waals surface area contributed by atoms with Crippen molar-refractivity contribution in [1.82, 2.24) is 9.97 Å². The Balaban J connectivity index is 1.44. The Labute approximate surface area is 209 Å². The minimum absolute atomic E-state index is 0.491. The molecule has 0 aliphatic carbocycles. The van der Waals surface area contributed by atoms with Crippen LogP contribution in [-0.2, 0) is 0 Å². The zero-order chi connectivity index (χ0) is 24.0. The number of thiocarbonyl (C=S) groups is 1. The molecule has 0 radical (unpaired) electrons. The van der Waals surface area contributed by atoms with Crippen LogP contribution in [0.3, 0.4) is 0 Å². The van der Waals surface area contributed by atoms with E-state index in [9.17, 15) is 0 Å². The average molecular weight is 477 g/mol. The van der Waals surface area contributed by atoms with Crippen molar-refractivity contribution < 1.29 is 4.74 Å². The fourth-order valence-corrected chi connectivity index (χ4v) is 4.06. The van der Waals surface area contributed by atoms with E-state index in [0.717, 1.165) is 50.7 Å². The molecule has 0 saturated heterocycles. The van der Waals surface area contributed by atoms with Gasteiger partial charge in [0.25, 0.3) is 0 Å². The molecule has 4 aromatic carbocycles. The molecule has 0 aliphatic heterocycles. The molecule has 5 aromatic rings. The maximum absolute atomic E-state index is 5.52. The Morgan fingerprint density at radius 1 is 0.686 bits per heavy atom. The molecule has 0 fully saturated rings. The van der Waals surface area contributed by atoms with Gasteiger partial charge in [0, 0.05) is 22.5 Å². The van der Waals surface area contributed by atoms with Crippen LogP contribution in [0.15, 0.2) is 103 Å². The number of anilines is 2. The number of hydrogen-bond acceptors (Lipinski definition) is 4. The molecule has 0 amide bonds. The van der Waals surface area contributed by atoms with E-state index in [1.54, 1.807) is 0 Å². The standard InChI is InChI=1S/C29H24N4OS/c1-2-34-24-16-13-22(14-17-24)30-29(35)31-23-15-18-25-26(19-23)33-28(21-11-7-4-8-12-21)27(32-25)20-9-5-3-6-10-20/h3-19H,2H2,1H3,(H2,30,31,35). The largest absolute Gasteiger partial charge is 0.494 e. The number of benzene rings is 4. The van der Waals surface area contributed by atoms with Crippen LogP contribution >= 0.6 is 12.2 Å².